The van der Waals surface area contributed by atoms with Crippen molar-refractivity contribution in [1.29, 1.82) is 0 Å². The van der Waals surface area contributed by atoms with Crippen molar-refractivity contribution in [3.63, 3.8) is 0 Å². The van der Waals surface area contributed by atoms with Crippen LogP contribution in [0.3, 0.4) is 0 Å². The molecule has 1 aliphatic rings. The minimum atomic E-state index is 0.386. The van der Waals surface area contributed by atoms with Crippen molar-refractivity contribution in [3.8, 4) is 0 Å². The Labute approximate surface area is 150 Å². The van der Waals surface area contributed by atoms with Crippen molar-refractivity contribution in [2.24, 2.45) is 0 Å². The molecule has 0 radical (unpaired) electrons. The Morgan fingerprint density at radius 1 is 1.08 bits per heavy atom. The lowest BCUT2D eigenvalue weighted by molar-refractivity contribution is 0.867. The summed E-state index contributed by atoms with van der Waals surface area (Å²) in [7, 11) is 4.16. The predicted molar refractivity (Wildman–Crippen MR) is 101 cm³/mol. The fourth-order valence-corrected chi connectivity index (χ4v) is 3.57. The van der Waals surface area contributed by atoms with Crippen LogP contribution in [0.25, 0.3) is 10.9 Å². The number of hydrogen-bond acceptors (Lipinski definition) is 4. The third kappa shape index (κ3) is 2.77. The molecular weight excluding hydrogens is 364 g/mol. The highest BCUT2D eigenvalue weighted by Crippen LogP contribution is 2.53. The first-order valence-electron chi connectivity index (χ1n) is 8.10. The molecule has 122 valence electrons. The molecule has 4 rings (SSSR count). The second-order valence-electron chi connectivity index (χ2n) is 6.63. The van der Waals surface area contributed by atoms with Crippen molar-refractivity contribution in [2.45, 2.75) is 25.2 Å². The predicted octanol–water partition coefficient (Wildman–Crippen LogP) is 4.43. The van der Waals surface area contributed by atoms with Gasteiger partial charge in [-0.25, -0.2) is 9.97 Å². The van der Waals surface area contributed by atoms with E-state index < -0.39 is 0 Å². The maximum Gasteiger partial charge on any atom is 0.132 e. The maximum absolute atomic E-state index is 4.93. The number of hydrogen-bond donors (Lipinski definition) is 0. The summed E-state index contributed by atoms with van der Waals surface area (Å²) in [6.45, 7) is 2.01. The molecule has 0 bridgehead atoms. The number of anilines is 1. The van der Waals surface area contributed by atoms with Crippen molar-refractivity contribution >= 4 is 32.5 Å². The summed E-state index contributed by atoms with van der Waals surface area (Å²) in [4.78, 5) is 16.1. The zero-order chi connectivity index (χ0) is 16.8. The van der Waals surface area contributed by atoms with Crippen LogP contribution in [-0.2, 0) is 0 Å². The zero-order valence-corrected chi connectivity index (χ0v) is 15.6. The third-order valence-electron chi connectivity index (χ3n) is 4.57. The van der Waals surface area contributed by atoms with Crippen LogP contribution in [0.15, 0.2) is 41.0 Å². The van der Waals surface area contributed by atoms with E-state index in [4.69, 9.17) is 4.98 Å². The van der Waals surface area contributed by atoms with Crippen LogP contribution in [-0.4, -0.2) is 29.0 Å². The molecule has 1 saturated carbocycles. The second-order valence-corrected chi connectivity index (χ2v) is 7.54. The molecule has 0 amide bonds. The molecule has 0 N–H and O–H groups in total. The molecule has 2 heterocycles. The highest BCUT2D eigenvalue weighted by molar-refractivity contribution is 9.10. The lowest BCUT2D eigenvalue weighted by Gasteiger charge is -2.17. The van der Waals surface area contributed by atoms with Crippen molar-refractivity contribution in [2.75, 3.05) is 19.0 Å². The van der Waals surface area contributed by atoms with Crippen LogP contribution in [0.4, 0.5) is 5.69 Å². The molecule has 5 heteroatoms. The quantitative estimate of drug-likeness (QED) is 0.671. The molecule has 0 aliphatic heterocycles. The summed E-state index contributed by atoms with van der Waals surface area (Å²) in [5.41, 5.74) is 4.40. The standard InChI is InChI=1S/C19H19BrN4/c1-11-6-7-21-19(22-11)15-9-14(15)17-10-18(24(2)3)13-5-4-12(20)8-16(13)23-17/h4-8,10,14-15H,9H2,1-3H3/t14-,15-/m0/s1. The average molecular weight is 383 g/mol. The minimum absolute atomic E-state index is 0.386. The Morgan fingerprint density at radius 3 is 2.67 bits per heavy atom. The first kappa shape index (κ1) is 15.5. The van der Waals surface area contributed by atoms with E-state index in [0.717, 1.165) is 33.6 Å². The smallest absolute Gasteiger partial charge is 0.132 e. The van der Waals surface area contributed by atoms with Gasteiger partial charge in [-0.3, -0.25) is 4.98 Å². The average Bonchev–Trinajstić information content (AvgIpc) is 3.34. The van der Waals surface area contributed by atoms with Gasteiger partial charge in [0.05, 0.1) is 5.52 Å². The van der Waals surface area contributed by atoms with Crippen molar-refractivity contribution in [3.05, 3.63) is 58.2 Å². The van der Waals surface area contributed by atoms with Crippen LogP contribution in [0.1, 0.15) is 35.5 Å². The number of benzene rings is 1. The van der Waals surface area contributed by atoms with Crippen LogP contribution >= 0.6 is 15.9 Å². The van der Waals surface area contributed by atoms with Gasteiger partial charge in [-0.15, -0.1) is 0 Å². The summed E-state index contributed by atoms with van der Waals surface area (Å²) in [5, 5.41) is 1.18. The number of aryl methyl sites for hydroxylation is 1. The van der Waals surface area contributed by atoms with Gasteiger partial charge in [0.25, 0.3) is 0 Å². The summed E-state index contributed by atoms with van der Waals surface area (Å²) >= 11 is 3.55. The summed E-state index contributed by atoms with van der Waals surface area (Å²) in [5.74, 6) is 1.74. The largest absolute Gasteiger partial charge is 0.377 e. The van der Waals surface area contributed by atoms with E-state index >= 15 is 0 Å². The van der Waals surface area contributed by atoms with Crippen molar-refractivity contribution < 1.29 is 0 Å². The minimum Gasteiger partial charge on any atom is -0.377 e. The summed E-state index contributed by atoms with van der Waals surface area (Å²) in [6.07, 6.45) is 2.92. The molecule has 1 aliphatic carbocycles. The Hall–Kier alpha value is -2.01. The van der Waals surface area contributed by atoms with E-state index in [0.29, 0.717) is 11.8 Å². The van der Waals surface area contributed by atoms with Gasteiger partial charge in [0.2, 0.25) is 0 Å². The first-order valence-corrected chi connectivity index (χ1v) is 8.89. The number of fused-ring (bicyclic) bond motifs is 1. The molecule has 0 spiro atoms. The molecular formula is C19H19BrN4. The topological polar surface area (TPSA) is 41.9 Å². The van der Waals surface area contributed by atoms with Crippen molar-refractivity contribution in [1.82, 2.24) is 15.0 Å². The fourth-order valence-electron chi connectivity index (χ4n) is 3.22. The lowest BCUT2D eigenvalue weighted by atomic mass is 10.1. The molecule has 0 unspecified atom stereocenters. The zero-order valence-electron chi connectivity index (χ0n) is 14.0. The molecule has 3 aromatic rings. The number of aromatic nitrogens is 3. The van der Waals surface area contributed by atoms with Crippen LogP contribution in [0.5, 0.6) is 0 Å². The first-order chi connectivity index (χ1) is 11.5. The fraction of sp³-hybridized carbons (Fsp3) is 0.316. The third-order valence-corrected chi connectivity index (χ3v) is 5.06. The molecule has 2 aromatic heterocycles. The van der Waals surface area contributed by atoms with Gasteiger partial charge in [-0.2, -0.15) is 0 Å². The van der Waals surface area contributed by atoms with Gasteiger partial charge in [0.15, 0.2) is 0 Å². The Kier molecular flexibility index (Phi) is 3.76. The van der Waals surface area contributed by atoms with Gasteiger partial charge in [0.1, 0.15) is 5.82 Å². The van der Waals surface area contributed by atoms with Crippen LogP contribution in [0, 0.1) is 6.92 Å². The van der Waals surface area contributed by atoms with E-state index in [1.807, 2.05) is 19.2 Å². The number of rotatable bonds is 3. The SMILES string of the molecule is Cc1ccnc([C@H]2C[C@@H]2c2cc(N(C)C)c3ccc(Br)cc3n2)n1. The molecule has 1 fully saturated rings. The molecule has 24 heavy (non-hydrogen) atoms. The van der Waals surface area contributed by atoms with E-state index in [9.17, 15) is 0 Å². The van der Waals surface area contributed by atoms with Crippen LogP contribution in [0.2, 0.25) is 0 Å². The van der Waals surface area contributed by atoms with E-state index in [2.05, 4.69) is 69.2 Å². The Balaban J connectivity index is 1.75. The Morgan fingerprint density at radius 2 is 1.92 bits per heavy atom. The normalized spacial score (nSPS) is 19.5. The Bertz CT molecular complexity index is 922. The highest BCUT2D eigenvalue weighted by Gasteiger charge is 2.43. The highest BCUT2D eigenvalue weighted by atomic mass is 79.9. The van der Waals surface area contributed by atoms with Gasteiger partial charge in [-0.05, 0) is 43.7 Å². The number of pyridine rings is 1. The molecule has 1 aromatic carbocycles. The molecule has 0 saturated heterocycles. The molecule has 4 nitrogen and oxygen atoms in total. The van der Waals surface area contributed by atoms with E-state index in [-0.39, 0.29) is 0 Å². The van der Waals surface area contributed by atoms with E-state index in [1.54, 1.807) is 0 Å². The summed E-state index contributed by atoms with van der Waals surface area (Å²) in [6, 6.07) is 10.4. The van der Waals surface area contributed by atoms with E-state index in [1.165, 1.54) is 11.1 Å². The maximum atomic E-state index is 4.93. The molecule has 2 atom stereocenters. The van der Waals surface area contributed by atoms with Gasteiger partial charge in [-0.1, -0.05) is 15.9 Å². The van der Waals surface area contributed by atoms with Gasteiger partial charge < -0.3 is 4.90 Å². The number of nitrogens with zero attached hydrogens (tertiary/aromatic N) is 4. The van der Waals surface area contributed by atoms with Gasteiger partial charge in [0, 0.05) is 59.1 Å². The van der Waals surface area contributed by atoms with Gasteiger partial charge >= 0.3 is 0 Å². The monoisotopic (exact) mass is 382 g/mol. The number of halogens is 1. The second kappa shape index (κ2) is 5.81. The van der Waals surface area contributed by atoms with Crippen LogP contribution < -0.4 is 4.90 Å². The summed E-state index contributed by atoms with van der Waals surface area (Å²) < 4.78 is 1.05. The lowest BCUT2D eigenvalue weighted by Crippen LogP contribution is -2.10.